The largest absolute Gasteiger partial charge is 0.365 e. The standard InChI is InChI=1S/C14H16BrNO2/c15-9-13(17)16-7-5-14(6-8-16)12-4-2-1-3-11(12)10-18-14/h1-4H,5-10H2. The molecular formula is C14H16BrNO2. The number of likely N-dealkylation sites (tertiary alicyclic amines) is 1. The predicted molar refractivity (Wildman–Crippen MR) is 72.5 cm³/mol. The van der Waals surface area contributed by atoms with Gasteiger partial charge in [0.1, 0.15) is 0 Å². The summed E-state index contributed by atoms with van der Waals surface area (Å²) in [6.07, 6.45) is 1.81. The van der Waals surface area contributed by atoms with E-state index in [9.17, 15) is 4.79 Å². The summed E-state index contributed by atoms with van der Waals surface area (Å²) in [4.78, 5) is 13.6. The molecule has 1 spiro atoms. The number of rotatable bonds is 1. The van der Waals surface area contributed by atoms with Gasteiger partial charge in [0.05, 0.1) is 17.5 Å². The summed E-state index contributed by atoms with van der Waals surface area (Å²) < 4.78 is 6.06. The highest BCUT2D eigenvalue weighted by Gasteiger charge is 2.42. The number of carbonyl (C=O) groups excluding carboxylic acids is 1. The van der Waals surface area contributed by atoms with Crippen molar-refractivity contribution in [3.8, 4) is 0 Å². The molecule has 0 radical (unpaired) electrons. The lowest BCUT2D eigenvalue weighted by atomic mass is 9.84. The molecule has 1 fully saturated rings. The van der Waals surface area contributed by atoms with Crippen molar-refractivity contribution in [2.75, 3.05) is 18.4 Å². The van der Waals surface area contributed by atoms with Gasteiger partial charge in [-0.25, -0.2) is 0 Å². The molecule has 1 amide bonds. The first kappa shape index (κ1) is 12.2. The number of amides is 1. The van der Waals surface area contributed by atoms with Crippen molar-refractivity contribution in [1.82, 2.24) is 4.90 Å². The van der Waals surface area contributed by atoms with Gasteiger partial charge < -0.3 is 9.64 Å². The van der Waals surface area contributed by atoms with Gasteiger partial charge in [-0.05, 0) is 24.0 Å². The summed E-state index contributed by atoms with van der Waals surface area (Å²) in [5.74, 6) is 0.177. The van der Waals surface area contributed by atoms with E-state index in [0.29, 0.717) is 11.9 Å². The van der Waals surface area contributed by atoms with Gasteiger partial charge in [-0.3, -0.25) is 4.79 Å². The number of alkyl halides is 1. The molecule has 2 heterocycles. The first-order chi connectivity index (χ1) is 8.75. The first-order valence-corrected chi connectivity index (χ1v) is 7.43. The Bertz CT molecular complexity index is 467. The predicted octanol–water partition coefficient (Wildman–Crippen LogP) is 2.43. The number of carbonyl (C=O) groups is 1. The van der Waals surface area contributed by atoms with E-state index in [1.807, 2.05) is 4.90 Å². The van der Waals surface area contributed by atoms with Gasteiger partial charge in [0, 0.05) is 13.1 Å². The van der Waals surface area contributed by atoms with Gasteiger partial charge in [-0.1, -0.05) is 40.2 Å². The number of hydrogen-bond acceptors (Lipinski definition) is 2. The van der Waals surface area contributed by atoms with Gasteiger partial charge in [0.15, 0.2) is 0 Å². The number of piperidine rings is 1. The maximum absolute atomic E-state index is 11.7. The molecule has 3 rings (SSSR count). The molecule has 0 aromatic heterocycles. The molecule has 0 N–H and O–H groups in total. The smallest absolute Gasteiger partial charge is 0.233 e. The van der Waals surface area contributed by atoms with Gasteiger partial charge in [0.2, 0.25) is 5.91 Å². The Morgan fingerprint density at radius 3 is 2.78 bits per heavy atom. The highest BCUT2D eigenvalue weighted by atomic mass is 79.9. The fraction of sp³-hybridized carbons (Fsp3) is 0.500. The SMILES string of the molecule is O=C(CBr)N1CCC2(CC1)OCc1ccccc12. The highest BCUT2D eigenvalue weighted by Crippen LogP contribution is 2.43. The van der Waals surface area contributed by atoms with E-state index in [0.717, 1.165) is 25.9 Å². The first-order valence-electron chi connectivity index (χ1n) is 6.31. The van der Waals surface area contributed by atoms with Crippen LogP contribution in [0.4, 0.5) is 0 Å². The van der Waals surface area contributed by atoms with E-state index in [2.05, 4.69) is 40.2 Å². The van der Waals surface area contributed by atoms with Gasteiger partial charge in [-0.2, -0.15) is 0 Å². The van der Waals surface area contributed by atoms with Gasteiger partial charge in [0.25, 0.3) is 0 Å². The molecule has 0 aliphatic carbocycles. The maximum Gasteiger partial charge on any atom is 0.233 e. The van der Waals surface area contributed by atoms with Gasteiger partial charge >= 0.3 is 0 Å². The normalized spacial score (nSPS) is 21.1. The minimum Gasteiger partial charge on any atom is -0.365 e. The number of halogens is 1. The molecule has 3 nitrogen and oxygen atoms in total. The quantitative estimate of drug-likeness (QED) is 0.746. The molecule has 4 heteroatoms. The third kappa shape index (κ3) is 1.88. The zero-order chi connectivity index (χ0) is 12.6. The molecule has 18 heavy (non-hydrogen) atoms. The Labute approximate surface area is 115 Å². The molecule has 96 valence electrons. The van der Waals surface area contributed by atoms with Crippen LogP contribution in [0, 0.1) is 0 Å². The van der Waals surface area contributed by atoms with Crippen molar-refractivity contribution in [1.29, 1.82) is 0 Å². The van der Waals surface area contributed by atoms with Crippen LogP contribution in [0.25, 0.3) is 0 Å². The topological polar surface area (TPSA) is 29.5 Å². The lowest BCUT2D eigenvalue weighted by Crippen LogP contribution is -2.45. The zero-order valence-corrected chi connectivity index (χ0v) is 11.8. The third-order valence-electron chi connectivity index (χ3n) is 4.05. The summed E-state index contributed by atoms with van der Waals surface area (Å²) in [5, 5.41) is 0.414. The fourth-order valence-corrected chi connectivity index (χ4v) is 3.35. The molecule has 0 bridgehead atoms. The summed E-state index contributed by atoms with van der Waals surface area (Å²) in [5.41, 5.74) is 2.49. The van der Waals surface area contributed by atoms with E-state index >= 15 is 0 Å². The van der Waals surface area contributed by atoms with Crippen LogP contribution in [0.5, 0.6) is 0 Å². The minimum absolute atomic E-state index is 0.139. The molecule has 2 aliphatic rings. The summed E-state index contributed by atoms with van der Waals surface area (Å²) in [6, 6.07) is 8.44. The van der Waals surface area contributed by atoms with Crippen LogP contribution in [0.2, 0.25) is 0 Å². The second-order valence-electron chi connectivity index (χ2n) is 4.95. The minimum atomic E-state index is -0.139. The van der Waals surface area contributed by atoms with Crippen molar-refractivity contribution in [3.05, 3.63) is 35.4 Å². The Kier molecular flexibility index (Phi) is 3.16. The number of benzene rings is 1. The van der Waals surface area contributed by atoms with Crippen molar-refractivity contribution < 1.29 is 9.53 Å². The maximum atomic E-state index is 11.7. The summed E-state index contributed by atoms with van der Waals surface area (Å²) in [7, 11) is 0. The molecule has 1 aromatic rings. The molecule has 0 atom stereocenters. The van der Waals surface area contributed by atoms with Crippen molar-refractivity contribution >= 4 is 21.8 Å². The summed E-state index contributed by atoms with van der Waals surface area (Å²) >= 11 is 3.23. The molecule has 0 saturated carbocycles. The Morgan fingerprint density at radius 2 is 2.06 bits per heavy atom. The van der Waals surface area contributed by atoms with Crippen molar-refractivity contribution in [3.63, 3.8) is 0 Å². The molecular weight excluding hydrogens is 294 g/mol. The van der Waals surface area contributed by atoms with Crippen LogP contribution in [0.3, 0.4) is 0 Å². The number of nitrogens with zero attached hydrogens (tertiary/aromatic N) is 1. The lowest BCUT2D eigenvalue weighted by Gasteiger charge is -2.39. The monoisotopic (exact) mass is 309 g/mol. The lowest BCUT2D eigenvalue weighted by molar-refractivity contribution is -0.135. The van der Waals surface area contributed by atoms with Crippen molar-refractivity contribution in [2.45, 2.75) is 25.0 Å². The number of hydrogen-bond donors (Lipinski definition) is 0. The Balaban J connectivity index is 1.79. The van der Waals surface area contributed by atoms with E-state index in [1.165, 1.54) is 11.1 Å². The Morgan fingerprint density at radius 1 is 1.33 bits per heavy atom. The third-order valence-corrected chi connectivity index (χ3v) is 4.53. The van der Waals surface area contributed by atoms with Crippen LogP contribution in [-0.2, 0) is 21.7 Å². The van der Waals surface area contributed by atoms with Crippen LogP contribution in [0.15, 0.2) is 24.3 Å². The van der Waals surface area contributed by atoms with Crippen LogP contribution >= 0.6 is 15.9 Å². The number of fused-ring (bicyclic) bond motifs is 2. The average Bonchev–Trinajstić information content (AvgIpc) is 2.78. The molecule has 2 aliphatic heterocycles. The second-order valence-corrected chi connectivity index (χ2v) is 5.52. The average molecular weight is 310 g/mol. The second kappa shape index (κ2) is 4.67. The molecule has 0 unspecified atom stereocenters. The number of ether oxygens (including phenoxy) is 1. The Hall–Kier alpha value is -0.870. The molecule has 1 aromatic carbocycles. The van der Waals surface area contributed by atoms with Crippen LogP contribution < -0.4 is 0 Å². The zero-order valence-electron chi connectivity index (χ0n) is 10.2. The van der Waals surface area contributed by atoms with E-state index < -0.39 is 0 Å². The molecule has 1 saturated heterocycles. The van der Waals surface area contributed by atoms with E-state index in [4.69, 9.17) is 4.74 Å². The van der Waals surface area contributed by atoms with Gasteiger partial charge in [-0.15, -0.1) is 0 Å². The van der Waals surface area contributed by atoms with E-state index in [-0.39, 0.29) is 11.5 Å². The van der Waals surface area contributed by atoms with Crippen LogP contribution in [0.1, 0.15) is 24.0 Å². The fourth-order valence-electron chi connectivity index (χ4n) is 3.00. The highest BCUT2D eigenvalue weighted by molar-refractivity contribution is 9.09. The summed E-state index contributed by atoms with van der Waals surface area (Å²) in [6.45, 7) is 2.29. The van der Waals surface area contributed by atoms with E-state index in [1.54, 1.807) is 0 Å². The van der Waals surface area contributed by atoms with Crippen molar-refractivity contribution in [2.24, 2.45) is 0 Å². The van der Waals surface area contributed by atoms with Crippen LogP contribution in [-0.4, -0.2) is 29.2 Å².